The highest BCUT2D eigenvalue weighted by Crippen LogP contribution is 2.40. The highest BCUT2D eigenvalue weighted by atomic mass is 32.2. The summed E-state index contributed by atoms with van der Waals surface area (Å²) in [5.74, 6) is -3.12. The Morgan fingerprint density at radius 2 is 2.17 bits per heavy atom. The van der Waals surface area contributed by atoms with Crippen molar-refractivity contribution in [2.75, 3.05) is 11.5 Å². The number of carboxylic acids is 1. The number of nitrogens with one attached hydrogen (secondary N) is 1. The Morgan fingerprint density at radius 1 is 1.37 bits per heavy atom. The molecule has 0 unspecified atom stereocenters. The van der Waals surface area contributed by atoms with Crippen LogP contribution in [-0.4, -0.2) is 66.6 Å². The molecule has 0 aromatic carbocycles. The van der Waals surface area contributed by atoms with Gasteiger partial charge in [0.15, 0.2) is 10.8 Å². The third kappa shape index (κ3) is 5.07. The number of allylic oxidation sites excluding steroid dienone is 1. The van der Waals surface area contributed by atoms with Crippen molar-refractivity contribution < 1.29 is 29.1 Å². The summed E-state index contributed by atoms with van der Waals surface area (Å²) in [6.07, 6.45) is 6.60. The van der Waals surface area contributed by atoms with Crippen LogP contribution in [0.3, 0.4) is 0 Å². The Kier molecular flexibility index (Phi) is 6.93. The van der Waals surface area contributed by atoms with Crippen LogP contribution in [-0.2, 0) is 24.0 Å². The van der Waals surface area contributed by atoms with Crippen LogP contribution in [0.15, 0.2) is 52.4 Å². The summed E-state index contributed by atoms with van der Waals surface area (Å²) in [5, 5.41) is 16.9. The van der Waals surface area contributed by atoms with Crippen LogP contribution in [0.4, 0.5) is 5.13 Å². The monoisotopic (exact) mass is 514 g/mol. The quantitative estimate of drug-likeness (QED) is 0.208. The second kappa shape index (κ2) is 10.1. The summed E-state index contributed by atoms with van der Waals surface area (Å²) in [5.41, 5.74) is 6.43. The average Bonchev–Trinajstić information content (AvgIpc) is 3.26. The van der Waals surface area contributed by atoms with Crippen molar-refractivity contribution in [2.45, 2.75) is 18.3 Å². The van der Waals surface area contributed by atoms with E-state index >= 15 is 0 Å². The van der Waals surface area contributed by atoms with Crippen LogP contribution in [0, 0.1) is 0 Å². The third-order valence-corrected chi connectivity index (χ3v) is 6.87. The highest BCUT2D eigenvalue weighted by molar-refractivity contribution is 8.00. The molecule has 2 amide bonds. The number of pyridine rings is 1. The largest absolute Gasteiger partial charge is 0.477 e. The molecule has 2 aromatic rings. The van der Waals surface area contributed by atoms with E-state index in [4.69, 9.17) is 5.73 Å². The number of anilines is 1. The maximum absolute atomic E-state index is 12.9. The summed E-state index contributed by atoms with van der Waals surface area (Å²) >= 11 is 2.36. The maximum Gasteiger partial charge on any atom is 0.352 e. The minimum Gasteiger partial charge on any atom is -0.477 e. The Balaban J connectivity index is 1.54. The summed E-state index contributed by atoms with van der Waals surface area (Å²) < 4.78 is 0. The van der Waals surface area contributed by atoms with Gasteiger partial charge >= 0.3 is 11.9 Å². The zero-order valence-corrected chi connectivity index (χ0v) is 19.7. The summed E-state index contributed by atoms with van der Waals surface area (Å²) in [6, 6.07) is 2.56. The van der Waals surface area contributed by atoms with Crippen molar-refractivity contribution in [1.29, 1.82) is 0 Å². The number of fused-ring (bicyclic) bond motifs is 1. The number of aromatic nitrogens is 2. The molecule has 2 aromatic heterocycles. The molecule has 0 bridgehead atoms. The van der Waals surface area contributed by atoms with Gasteiger partial charge in [-0.25, -0.2) is 14.6 Å². The Bertz CT molecular complexity index is 1290. The molecule has 1 saturated heterocycles. The summed E-state index contributed by atoms with van der Waals surface area (Å²) in [7, 11) is 0. The molecule has 180 valence electrons. The Hall–Kier alpha value is -4.04. The van der Waals surface area contributed by atoms with E-state index < -0.39 is 35.2 Å². The molecule has 12 nitrogen and oxygen atoms in total. The zero-order valence-electron chi connectivity index (χ0n) is 18.1. The molecular formula is C21H18N6O6S2. The van der Waals surface area contributed by atoms with E-state index in [1.165, 1.54) is 17.1 Å². The number of hydrogen-bond acceptors (Lipinski definition) is 11. The van der Waals surface area contributed by atoms with Crippen molar-refractivity contribution >= 4 is 63.8 Å². The van der Waals surface area contributed by atoms with Crippen molar-refractivity contribution in [3.63, 3.8) is 0 Å². The molecule has 0 saturated carbocycles. The number of thiazole rings is 1. The molecule has 4 rings (SSSR count). The van der Waals surface area contributed by atoms with Crippen LogP contribution in [0.1, 0.15) is 18.2 Å². The zero-order chi connectivity index (χ0) is 25.1. The first-order valence-corrected chi connectivity index (χ1v) is 12.0. The number of nitrogens with zero attached hydrogens (tertiary/aromatic N) is 4. The van der Waals surface area contributed by atoms with Gasteiger partial charge in [-0.2, -0.15) is 0 Å². The van der Waals surface area contributed by atoms with E-state index in [1.54, 1.807) is 30.6 Å². The molecule has 2 atom stereocenters. The molecule has 0 aliphatic carbocycles. The van der Waals surface area contributed by atoms with Gasteiger partial charge in [-0.1, -0.05) is 23.4 Å². The molecule has 4 N–H and O–H groups in total. The number of amides is 2. The van der Waals surface area contributed by atoms with Crippen molar-refractivity contribution in [1.82, 2.24) is 20.2 Å². The number of oxime groups is 1. The van der Waals surface area contributed by atoms with Gasteiger partial charge in [-0.3, -0.25) is 19.5 Å². The molecular weight excluding hydrogens is 496 g/mol. The van der Waals surface area contributed by atoms with Crippen LogP contribution in [0.25, 0.3) is 6.08 Å². The fraction of sp³-hybridized carbons (Fsp3) is 0.190. The maximum atomic E-state index is 12.9. The lowest BCUT2D eigenvalue weighted by molar-refractivity contribution is -0.150. The van der Waals surface area contributed by atoms with Gasteiger partial charge in [-0.05, 0) is 17.2 Å². The van der Waals surface area contributed by atoms with E-state index in [9.17, 15) is 24.3 Å². The number of aliphatic carboxylic acids is 1. The highest BCUT2D eigenvalue weighted by Gasteiger charge is 2.54. The summed E-state index contributed by atoms with van der Waals surface area (Å²) in [4.78, 5) is 62.7. The van der Waals surface area contributed by atoms with E-state index in [0.717, 1.165) is 28.7 Å². The van der Waals surface area contributed by atoms with E-state index in [2.05, 4.69) is 25.3 Å². The van der Waals surface area contributed by atoms with Crippen LogP contribution in [0.2, 0.25) is 0 Å². The number of β-lactam (4-membered cyclic amide) rings is 1. The van der Waals surface area contributed by atoms with Crippen molar-refractivity contribution in [3.05, 3.63) is 58.5 Å². The van der Waals surface area contributed by atoms with E-state index in [0.29, 0.717) is 11.3 Å². The summed E-state index contributed by atoms with van der Waals surface area (Å²) in [6.45, 7) is 1.11. The van der Waals surface area contributed by atoms with Crippen molar-refractivity contribution in [3.8, 4) is 0 Å². The Morgan fingerprint density at radius 3 is 2.80 bits per heavy atom. The van der Waals surface area contributed by atoms with Gasteiger partial charge < -0.3 is 21.0 Å². The number of carboxylic acid groups (broad SMARTS) is 1. The number of nitrogens with two attached hydrogens (primary N) is 1. The van der Waals surface area contributed by atoms with Gasteiger partial charge in [0.25, 0.3) is 11.8 Å². The van der Waals surface area contributed by atoms with Gasteiger partial charge in [0.2, 0.25) is 0 Å². The molecule has 0 spiro atoms. The molecule has 0 radical (unpaired) electrons. The predicted molar refractivity (Wildman–Crippen MR) is 128 cm³/mol. The van der Waals surface area contributed by atoms with E-state index in [-0.39, 0.29) is 22.2 Å². The molecule has 2 aliphatic rings. The minimum atomic E-state index is -1.26. The van der Waals surface area contributed by atoms with Gasteiger partial charge in [0.05, 0.1) is 0 Å². The van der Waals surface area contributed by atoms with Crippen LogP contribution in [0.5, 0.6) is 0 Å². The predicted octanol–water partition coefficient (Wildman–Crippen LogP) is 0.839. The second-order valence-electron chi connectivity index (χ2n) is 7.25. The lowest BCUT2D eigenvalue weighted by Gasteiger charge is -2.49. The number of rotatable bonds is 7. The minimum absolute atomic E-state index is 0.0696. The van der Waals surface area contributed by atoms with Gasteiger partial charge in [-0.15, -0.1) is 23.1 Å². The lowest BCUT2D eigenvalue weighted by atomic mass is 10.0. The van der Waals surface area contributed by atoms with Gasteiger partial charge in [0, 0.05) is 30.5 Å². The van der Waals surface area contributed by atoms with Crippen LogP contribution < -0.4 is 11.1 Å². The number of carbonyl (C=O) groups is 4. The van der Waals surface area contributed by atoms with Crippen molar-refractivity contribution in [2.24, 2.45) is 5.16 Å². The third-order valence-electron chi connectivity index (χ3n) is 4.89. The first-order chi connectivity index (χ1) is 16.8. The molecule has 4 heterocycles. The van der Waals surface area contributed by atoms with Crippen LogP contribution >= 0.6 is 23.1 Å². The van der Waals surface area contributed by atoms with E-state index in [1.807, 2.05) is 6.07 Å². The SMILES string of the molecule is CC(=O)ON=C(C(=O)N[C@@H]1C(=O)N2C(C(=O)O)=C(/C=C\c3cccnc3)CS[C@@H]12)c1csc(N)n1. The average molecular weight is 515 g/mol. The number of thioether (sulfide) groups is 1. The normalized spacial score (nSPS) is 19.9. The molecule has 14 heteroatoms. The number of hydrogen-bond donors (Lipinski definition) is 3. The first-order valence-electron chi connectivity index (χ1n) is 10.0. The van der Waals surface area contributed by atoms with Gasteiger partial charge in [0.1, 0.15) is 22.8 Å². The lowest BCUT2D eigenvalue weighted by Crippen LogP contribution is -2.71. The molecule has 1 fully saturated rings. The number of nitrogen functional groups attached to an aromatic ring is 1. The topological polar surface area (TPSA) is 177 Å². The molecule has 35 heavy (non-hydrogen) atoms. The second-order valence-corrected chi connectivity index (χ2v) is 9.25. The standard InChI is InChI=1S/C21H18N6O6S2/c1-10(28)33-26-14(13-9-35-21(22)24-13)17(29)25-15-18(30)27-16(20(31)32)12(8-34-19(15)27)5-4-11-3-2-6-23-7-11/h2-7,9,15,19H,8H2,1H3,(H2,22,24)(H,25,29)(H,31,32)/b5-4-,26-14?/t15-,19+/m1/s1. The molecule has 2 aliphatic heterocycles. The fourth-order valence-corrected chi connectivity index (χ4v) is 5.23. The smallest absolute Gasteiger partial charge is 0.352 e. The fourth-order valence-electron chi connectivity index (χ4n) is 3.36. The Labute approximate surface area is 206 Å². The first kappa shape index (κ1) is 24.1. The number of carbonyl (C=O) groups excluding carboxylic acids is 3.